The van der Waals surface area contributed by atoms with Crippen LogP contribution in [0.25, 0.3) is 108 Å². The molecule has 0 fully saturated rings. The van der Waals surface area contributed by atoms with Crippen molar-refractivity contribution in [3.63, 3.8) is 0 Å². The summed E-state index contributed by atoms with van der Waals surface area (Å²) in [4.78, 5) is 0. The Morgan fingerprint density at radius 2 is 0.911 bits per heavy atom. The highest BCUT2D eigenvalue weighted by atomic mass is 32.1. The van der Waals surface area contributed by atoms with E-state index in [-0.39, 0.29) is 5.41 Å². The van der Waals surface area contributed by atoms with Crippen molar-refractivity contribution < 1.29 is 0 Å². The van der Waals surface area contributed by atoms with Crippen molar-refractivity contribution in [1.29, 1.82) is 0 Å². The Hall–Kier alpha value is -6.54. The molecule has 56 heavy (non-hydrogen) atoms. The third-order valence-corrected chi connectivity index (χ3v) is 13.7. The van der Waals surface area contributed by atoms with E-state index in [1.807, 2.05) is 11.3 Å². The van der Waals surface area contributed by atoms with Crippen molar-refractivity contribution in [3.8, 4) is 44.5 Å². The minimum atomic E-state index is -0.0224. The zero-order chi connectivity index (χ0) is 37.1. The van der Waals surface area contributed by atoms with Gasteiger partial charge in [-0.2, -0.15) is 0 Å². The van der Waals surface area contributed by atoms with Crippen LogP contribution in [0.15, 0.2) is 182 Å². The monoisotopic (exact) mass is 728 g/mol. The van der Waals surface area contributed by atoms with Gasteiger partial charge in [-0.1, -0.05) is 172 Å². The Morgan fingerprint density at radius 1 is 0.339 bits per heavy atom. The number of fused-ring (bicyclic) bond motifs is 11. The number of thiophene rings is 1. The van der Waals surface area contributed by atoms with Crippen molar-refractivity contribution in [2.75, 3.05) is 0 Å². The molecule has 0 saturated carbocycles. The molecule has 0 spiro atoms. The third kappa shape index (κ3) is 4.41. The molecule has 0 amide bonds. The van der Waals surface area contributed by atoms with Gasteiger partial charge >= 0.3 is 0 Å². The molecule has 10 aromatic carbocycles. The summed E-state index contributed by atoms with van der Waals surface area (Å²) < 4.78 is 2.70. The average molecular weight is 729 g/mol. The standard InChI is InChI=1S/C55H36S/c1-55(2)48-28-12-11-21-38(48)46-30-47-50(32-49(46)55)56-51-31-45(37-20-5-6-22-40(37)54(47)51)34-17-13-18-35(29-34)52-41-23-7-9-25-43(41)53(44-26-10-8-24-42(44)52)39-27-14-16-33-15-3-4-19-36(33)39/h3-32H,1-2H3. The lowest BCUT2D eigenvalue weighted by Gasteiger charge is -2.21. The van der Waals surface area contributed by atoms with Crippen molar-refractivity contribution >= 4 is 74.6 Å². The maximum atomic E-state index is 2.49. The minimum Gasteiger partial charge on any atom is -0.135 e. The van der Waals surface area contributed by atoms with Gasteiger partial charge in [0.15, 0.2) is 0 Å². The first-order valence-electron chi connectivity index (χ1n) is 19.6. The van der Waals surface area contributed by atoms with Crippen LogP contribution < -0.4 is 0 Å². The Labute approximate surface area is 329 Å². The van der Waals surface area contributed by atoms with Gasteiger partial charge in [-0.15, -0.1) is 11.3 Å². The Bertz CT molecular complexity index is 3390. The van der Waals surface area contributed by atoms with Crippen LogP contribution in [0.1, 0.15) is 25.0 Å². The van der Waals surface area contributed by atoms with Gasteiger partial charge in [0.25, 0.3) is 0 Å². The second-order valence-electron chi connectivity index (χ2n) is 16.0. The summed E-state index contributed by atoms with van der Waals surface area (Å²) >= 11 is 1.94. The fourth-order valence-corrected chi connectivity index (χ4v) is 11.3. The summed E-state index contributed by atoms with van der Waals surface area (Å²) in [6.07, 6.45) is 0. The van der Waals surface area contributed by atoms with E-state index in [1.54, 1.807) is 0 Å². The first-order chi connectivity index (χ1) is 27.5. The molecule has 0 N–H and O–H groups in total. The van der Waals surface area contributed by atoms with Crippen molar-refractivity contribution in [1.82, 2.24) is 0 Å². The van der Waals surface area contributed by atoms with Crippen molar-refractivity contribution in [2.24, 2.45) is 0 Å². The fraction of sp³-hybridized carbons (Fsp3) is 0.0545. The van der Waals surface area contributed by atoms with E-state index in [0.29, 0.717) is 0 Å². The molecule has 0 bridgehead atoms. The lowest BCUT2D eigenvalue weighted by Crippen LogP contribution is -2.14. The summed E-state index contributed by atoms with van der Waals surface area (Å²) in [5.74, 6) is 0. The molecular formula is C55H36S. The van der Waals surface area contributed by atoms with E-state index in [2.05, 4.69) is 196 Å². The quantitative estimate of drug-likeness (QED) is 0.159. The highest BCUT2D eigenvalue weighted by Gasteiger charge is 2.36. The molecule has 0 aliphatic heterocycles. The van der Waals surface area contributed by atoms with Gasteiger partial charge in [-0.05, 0) is 123 Å². The van der Waals surface area contributed by atoms with Crippen LogP contribution >= 0.6 is 11.3 Å². The highest BCUT2D eigenvalue weighted by Crippen LogP contribution is 2.53. The molecular weight excluding hydrogens is 693 g/mol. The summed E-state index contributed by atoms with van der Waals surface area (Å²) in [6, 6.07) is 68.2. The normalized spacial score (nSPS) is 13.3. The van der Waals surface area contributed by atoms with Gasteiger partial charge in [0.1, 0.15) is 0 Å². The SMILES string of the molecule is CC1(C)c2ccccc2-c2cc3c(cc21)sc1cc(-c2cccc(-c4c5ccccc5c(-c5cccc6ccccc56)c5ccccc45)c2)c2ccccc2c13. The summed E-state index contributed by atoms with van der Waals surface area (Å²) in [6.45, 7) is 4.75. The summed E-state index contributed by atoms with van der Waals surface area (Å²) in [7, 11) is 0. The highest BCUT2D eigenvalue weighted by molar-refractivity contribution is 7.26. The first-order valence-corrected chi connectivity index (χ1v) is 20.4. The van der Waals surface area contributed by atoms with Gasteiger partial charge in [0.2, 0.25) is 0 Å². The Morgan fingerprint density at radius 3 is 1.68 bits per heavy atom. The first kappa shape index (κ1) is 31.8. The molecule has 0 saturated heterocycles. The number of hydrogen-bond donors (Lipinski definition) is 0. The van der Waals surface area contributed by atoms with Crippen LogP contribution in [-0.4, -0.2) is 0 Å². The zero-order valence-corrected chi connectivity index (χ0v) is 32.0. The van der Waals surface area contributed by atoms with E-state index >= 15 is 0 Å². The third-order valence-electron chi connectivity index (χ3n) is 12.6. The van der Waals surface area contributed by atoms with E-state index in [1.165, 1.54) is 119 Å². The number of hydrogen-bond acceptors (Lipinski definition) is 1. The fourth-order valence-electron chi connectivity index (χ4n) is 10.1. The lowest BCUT2D eigenvalue weighted by molar-refractivity contribution is 0.661. The van der Waals surface area contributed by atoms with E-state index in [4.69, 9.17) is 0 Å². The van der Waals surface area contributed by atoms with Gasteiger partial charge in [0, 0.05) is 25.6 Å². The predicted octanol–water partition coefficient (Wildman–Crippen LogP) is 16.0. The van der Waals surface area contributed by atoms with E-state index in [9.17, 15) is 0 Å². The van der Waals surface area contributed by atoms with Gasteiger partial charge in [0.05, 0.1) is 0 Å². The summed E-state index contributed by atoms with van der Waals surface area (Å²) in [5.41, 5.74) is 13.2. The minimum absolute atomic E-state index is 0.0224. The van der Waals surface area contributed by atoms with Crippen LogP contribution in [0, 0.1) is 0 Å². The maximum Gasteiger partial charge on any atom is 0.0368 e. The molecule has 262 valence electrons. The van der Waals surface area contributed by atoms with E-state index < -0.39 is 0 Å². The van der Waals surface area contributed by atoms with Crippen LogP contribution in [0.3, 0.4) is 0 Å². The molecule has 1 heterocycles. The number of benzene rings is 10. The molecule has 1 aliphatic rings. The summed E-state index contributed by atoms with van der Waals surface area (Å²) in [5, 5.41) is 13.0. The van der Waals surface area contributed by atoms with Gasteiger partial charge in [-0.25, -0.2) is 0 Å². The molecule has 0 atom stereocenters. The van der Waals surface area contributed by atoms with Crippen LogP contribution in [0.2, 0.25) is 0 Å². The topological polar surface area (TPSA) is 0 Å². The molecule has 0 nitrogen and oxygen atoms in total. The number of rotatable bonds is 3. The molecule has 0 radical (unpaired) electrons. The molecule has 1 heteroatoms. The largest absolute Gasteiger partial charge is 0.135 e. The second-order valence-corrected chi connectivity index (χ2v) is 17.0. The maximum absolute atomic E-state index is 2.49. The Kier molecular flexibility index (Phi) is 6.66. The molecule has 0 unspecified atom stereocenters. The van der Waals surface area contributed by atoms with Crippen LogP contribution in [0.5, 0.6) is 0 Å². The zero-order valence-electron chi connectivity index (χ0n) is 31.2. The average Bonchev–Trinajstić information content (AvgIpc) is 3.72. The van der Waals surface area contributed by atoms with Gasteiger partial charge < -0.3 is 0 Å². The van der Waals surface area contributed by atoms with E-state index in [0.717, 1.165) is 0 Å². The van der Waals surface area contributed by atoms with Gasteiger partial charge in [-0.3, -0.25) is 0 Å². The Balaban J connectivity index is 1.09. The molecule has 11 aromatic rings. The lowest BCUT2D eigenvalue weighted by atomic mass is 9.82. The van der Waals surface area contributed by atoms with Crippen molar-refractivity contribution in [2.45, 2.75) is 19.3 Å². The second kappa shape index (κ2) is 11.7. The van der Waals surface area contributed by atoms with Crippen molar-refractivity contribution in [3.05, 3.63) is 193 Å². The smallest absolute Gasteiger partial charge is 0.0368 e. The van der Waals surface area contributed by atoms with Crippen LogP contribution in [-0.2, 0) is 5.41 Å². The molecule has 1 aromatic heterocycles. The van der Waals surface area contributed by atoms with Crippen LogP contribution in [0.4, 0.5) is 0 Å². The molecule has 12 rings (SSSR count). The predicted molar refractivity (Wildman–Crippen MR) is 243 cm³/mol. The molecule has 1 aliphatic carbocycles.